The molecule has 2 heterocycles. The number of hydrogen-bond donors (Lipinski definition) is 0. The Morgan fingerprint density at radius 2 is 0.531 bits per heavy atom. The minimum Gasteiger partial charge on any atom is -0.416 e. The molecule has 0 atom stereocenters. The van der Waals surface area contributed by atoms with Crippen LogP contribution in [-0.2, 0) is 23.7 Å². The third-order valence-electron chi connectivity index (χ3n) is 27.7. The first-order valence-electron chi connectivity index (χ1n) is 49.6. The minimum atomic E-state index is -0.0832. The molecule has 6 heteroatoms. The largest absolute Gasteiger partial charge is 0.416 e. The molecule has 0 saturated heterocycles. The Labute approximate surface area is 764 Å². The third kappa shape index (κ3) is 21.3. The summed E-state index contributed by atoms with van der Waals surface area (Å²) in [5, 5.41) is 26.2. The lowest BCUT2D eigenvalue weighted by Crippen LogP contribution is -2.25. The van der Waals surface area contributed by atoms with Gasteiger partial charge < -0.3 is 8.83 Å². The molecule has 0 saturated carbocycles. The molecular formula is C122H130N4O2. The molecule has 2 aliphatic rings. The van der Waals surface area contributed by atoms with Crippen LogP contribution in [0, 0.1) is 47.4 Å². The molecule has 2 aromatic heterocycles. The van der Waals surface area contributed by atoms with E-state index in [0.29, 0.717) is 23.6 Å². The molecular weight excluding hydrogens is 1550 g/mol. The van der Waals surface area contributed by atoms with E-state index >= 15 is 0 Å². The van der Waals surface area contributed by atoms with Crippen LogP contribution < -0.4 is 0 Å². The number of rotatable bonds is 42. The van der Waals surface area contributed by atoms with Gasteiger partial charge in [0.2, 0.25) is 23.6 Å². The first kappa shape index (κ1) is 89.6. The monoisotopic (exact) mass is 1680 g/mol. The van der Waals surface area contributed by atoms with Crippen LogP contribution in [0.2, 0.25) is 0 Å². The summed E-state index contributed by atoms with van der Waals surface area (Å²) in [5.41, 5.74) is 24.1. The molecule has 0 spiro atoms. The molecule has 14 aromatic rings. The number of unbranched alkanes of at least 4 members (excludes halogenated alkanes) is 26. The van der Waals surface area contributed by atoms with Crippen LogP contribution in [0.5, 0.6) is 0 Å². The Hall–Kier alpha value is -11.8. The maximum atomic E-state index is 6.90. The third-order valence-corrected chi connectivity index (χ3v) is 27.7. The molecule has 0 amide bonds. The molecule has 0 aliphatic heterocycles. The number of fused-ring (bicyclic) bond motifs is 6. The van der Waals surface area contributed by atoms with Crippen LogP contribution >= 0.6 is 0 Å². The first-order chi connectivity index (χ1) is 63.2. The normalized spacial score (nSPS) is 12.6. The molecule has 12 aromatic carbocycles. The second-order valence-corrected chi connectivity index (χ2v) is 36.9. The van der Waals surface area contributed by atoms with E-state index < -0.39 is 0 Å². The van der Waals surface area contributed by atoms with Gasteiger partial charge in [0.05, 0.1) is 0 Å². The first-order valence-corrected chi connectivity index (χ1v) is 49.6. The van der Waals surface area contributed by atoms with Crippen molar-refractivity contribution in [3.05, 3.63) is 296 Å². The Morgan fingerprint density at radius 3 is 0.891 bits per heavy atom. The molecule has 0 N–H and O–H groups in total. The standard InChI is InChI=1S/C122H130N4O2/c1-7-13-19-25-29-39-77-121(78-40-30-26-20-14-8-2)111-47-37-35-45-107(111)109-75-71-101(87-113(109)121)117-123-125-119(127-117)103-83-93(59-57-91-53-49-89(50-54-91)43-33-23-17-11-5)81-95(85-103)61-63-97-65-67-99-70-74-106-98(66-68-100-69-73-105(97)115(99)116(100)106)64-62-96-82-94(60-58-92-55-51-90(52-56-92)44-34-24-18-12-6)84-104(86-96)120-126-124-118(128-120)102-72-76-110-108-46-36-38-48-112(108)122(114(110)88-102,79-41-31-27-21-15-9-3)80-42-32-28-22-16-10-4/h35-38,45-56,65-76,81-88H,7-34,39-44,77-80H2,1-6H3. The van der Waals surface area contributed by atoms with Crippen molar-refractivity contribution in [3.63, 3.8) is 0 Å². The number of hydrogen-bond acceptors (Lipinski definition) is 6. The van der Waals surface area contributed by atoms with Gasteiger partial charge in [-0.1, -0.05) is 403 Å². The summed E-state index contributed by atoms with van der Waals surface area (Å²) in [6.45, 7) is 13.8. The summed E-state index contributed by atoms with van der Waals surface area (Å²) in [6, 6.07) is 80.1. The van der Waals surface area contributed by atoms with E-state index in [1.165, 1.54) is 261 Å². The minimum absolute atomic E-state index is 0.0832. The zero-order valence-electron chi connectivity index (χ0n) is 77.3. The summed E-state index contributed by atoms with van der Waals surface area (Å²) in [5.74, 6) is 30.7. The second-order valence-electron chi connectivity index (χ2n) is 36.9. The van der Waals surface area contributed by atoms with E-state index in [1.807, 2.05) is 0 Å². The van der Waals surface area contributed by atoms with E-state index in [-0.39, 0.29) is 10.8 Å². The van der Waals surface area contributed by atoms with Crippen LogP contribution in [-0.4, -0.2) is 20.4 Å². The predicted molar refractivity (Wildman–Crippen MR) is 537 cm³/mol. The molecule has 0 radical (unpaired) electrons. The van der Waals surface area contributed by atoms with Crippen molar-refractivity contribution >= 4 is 32.3 Å². The fraction of sp³-hybridized carbons (Fsp3) is 0.377. The summed E-state index contributed by atoms with van der Waals surface area (Å²) < 4.78 is 13.8. The summed E-state index contributed by atoms with van der Waals surface area (Å²) in [4.78, 5) is 0. The summed E-state index contributed by atoms with van der Waals surface area (Å²) >= 11 is 0. The van der Waals surface area contributed by atoms with Crippen molar-refractivity contribution in [3.8, 4) is 115 Å². The van der Waals surface area contributed by atoms with Crippen molar-refractivity contribution in [2.24, 2.45) is 0 Å². The van der Waals surface area contributed by atoms with Gasteiger partial charge in [-0.15, -0.1) is 20.4 Å². The number of aryl methyl sites for hydroxylation is 2. The molecule has 650 valence electrons. The van der Waals surface area contributed by atoms with Gasteiger partial charge in [-0.3, -0.25) is 0 Å². The Morgan fingerprint density at radius 1 is 0.234 bits per heavy atom. The van der Waals surface area contributed by atoms with Gasteiger partial charge in [-0.05, 0) is 236 Å². The van der Waals surface area contributed by atoms with Gasteiger partial charge in [0.1, 0.15) is 0 Å². The summed E-state index contributed by atoms with van der Waals surface area (Å²) in [6.07, 6.45) is 47.1. The zero-order valence-corrected chi connectivity index (χ0v) is 77.3. The van der Waals surface area contributed by atoms with Gasteiger partial charge in [-0.2, -0.15) is 0 Å². The lowest BCUT2D eigenvalue weighted by Gasteiger charge is -2.33. The predicted octanol–water partition coefficient (Wildman–Crippen LogP) is 33.4. The highest BCUT2D eigenvalue weighted by atomic mass is 16.4. The van der Waals surface area contributed by atoms with Crippen LogP contribution in [0.25, 0.3) is 100 Å². The van der Waals surface area contributed by atoms with E-state index in [1.54, 1.807) is 0 Å². The van der Waals surface area contributed by atoms with Gasteiger partial charge in [0.15, 0.2) is 0 Å². The Kier molecular flexibility index (Phi) is 31.0. The van der Waals surface area contributed by atoms with Gasteiger partial charge >= 0.3 is 0 Å². The Balaban J connectivity index is 0.725. The Bertz CT molecular complexity index is 5940. The molecule has 2 aliphatic carbocycles. The van der Waals surface area contributed by atoms with Gasteiger partial charge in [0, 0.05) is 77.6 Å². The van der Waals surface area contributed by atoms with Crippen LogP contribution in [0.4, 0.5) is 0 Å². The average molecular weight is 1680 g/mol. The van der Waals surface area contributed by atoms with Crippen molar-refractivity contribution in [1.82, 2.24) is 20.4 Å². The molecule has 0 bridgehead atoms. The van der Waals surface area contributed by atoms with Crippen LogP contribution in [0.15, 0.2) is 227 Å². The second kappa shape index (κ2) is 44.3. The quantitative estimate of drug-likeness (QED) is 0.0216. The maximum Gasteiger partial charge on any atom is 0.248 e. The fourth-order valence-corrected chi connectivity index (χ4v) is 20.6. The van der Waals surface area contributed by atoms with E-state index in [9.17, 15) is 0 Å². The van der Waals surface area contributed by atoms with Crippen molar-refractivity contribution in [2.75, 3.05) is 0 Å². The van der Waals surface area contributed by atoms with Crippen molar-refractivity contribution in [1.29, 1.82) is 0 Å². The molecule has 0 unspecified atom stereocenters. The van der Waals surface area contributed by atoms with Crippen LogP contribution in [0.1, 0.15) is 351 Å². The number of nitrogens with zero attached hydrogens (tertiary/aromatic N) is 4. The zero-order chi connectivity index (χ0) is 87.7. The number of aromatic nitrogens is 4. The molecule has 6 nitrogen and oxygen atoms in total. The van der Waals surface area contributed by atoms with E-state index in [0.717, 1.165) is 138 Å². The van der Waals surface area contributed by atoms with Crippen molar-refractivity contribution in [2.45, 2.75) is 296 Å². The van der Waals surface area contributed by atoms with E-state index in [2.05, 4.69) is 307 Å². The van der Waals surface area contributed by atoms with Crippen molar-refractivity contribution < 1.29 is 8.83 Å². The molecule has 128 heavy (non-hydrogen) atoms. The highest BCUT2D eigenvalue weighted by Gasteiger charge is 2.44. The summed E-state index contributed by atoms with van der Waals surface area (Å²) in [7, 11) is 0. The van der Waals surface area contributed by atoms with Crippen LogP contribution in [0.3, 0.4) is 0 Å². The lowest BCUT2D eigenvalue weighted by molar-refractivity contribution is 0.398. The maximum absolute atomic E-state index is 6.90. The van der Waals surface area contributed by atoms with E-state index in [4.69, 9.17) is 29.2 Å². The lowest BCUT2D eigenvalue weighted by atomic mass is 9.70. The van der Waals surface area contributed by atoms with Gasteiger partial charge in [0.25, 0.3) is 0 Å². The van der Waals surface area contributed by atoms with Gasteiger partial charge in [-0.25, -0.2) is 0 Å². The topological polar surface area (TPSA) is 77.8 Å². The highest BCUT2D eigenvalue weighted by Crippen LogP contribution is 2.57. The average Bonchev–Trinajstić information content (AvgIpc) is 1.53. The molecule has 0 fully saturated rings. The molecule has 16 rings (SSSR count). The SMILES string of the molecule is CCCCCCCCC1(CCCCCCCC)c2ccccc2-c2ccc(-c3nnc(-c4cc(C#Cc5ccc(CCCCCC)cc5)cc(C#Cc5ccc6ccc7c(C#Cc8cc(C#Cc9ccc(CCCCCC)cc9)cc(-c9nnc(-c%10ccc%11c(c%10)C(CCCCCCCC)(CCCCCCCC)c%10ccccc%10-%11)o9)c8)ccc8ccc5c6c87)c4)o3)cc21. The number of benzene rings is 12. The smallest absolute Gasteiger partial charge is 0.248 e. The fourth-order valence-electron chi connectivity index (χ4n) is 20.6. The highest BCUT2D eigenvalue weighted by molar-refractivity contribution is 6.25.